The van der Waals surface area contributed by atoms with Gasteiger partial charge in [0.1, 0.15) is 16.3 Å². The minimum absolute atomic E-state index is 0.0317. The number of carbonyl (C=O) groups excluding carboxylic acids is 1. The van der Waals surface area contributed by atoms with Crippen LogP contribution in [0, 0.1) is 5.92 Å². The lowest BCUT2D eigenvalue weighted by Gasteiger charge is -2.27. The molecule has 2 aliphatic rings. The van der Waals surface area contributed by atoms with Crippen LogP contribution in [0.15, 0.2) is 22.8 Å². The SMILES string of the molecule is COC(=O)C1C2CN(c3cccc(Br)n3)C1CO2. The summed E-state index contributed by atoms with van der Waals surface area (Å²) in [5, 5.41) is 0. The zero-order valence-corrected chi connectivity index (χ0v) is 11.5. The predicted octanol–water partition coefficient (Wildman–Crippen LogP) is 1.22. The quantitative estimate of drug-likeness (QED) is 0.607. The van der Waals surface area contributed by atoms with E-state index in [-0.39, 0.29) is 24.0 Å². The second-order valence-electron chi connectivity index (χ2n) is 4.46. The largest absolute Gasteiger partial charge is 0.469 e. The first kappa shape index (κ1) is 11.9. The van der Waals surface area contributed by atoms with Crippen molar-refractivity contribution in [2.75, 3.05) is 25.2 Å². The number of methoxy groups -OCH3 is 1. The van der Waals surface area contributed by atoms with Gasteiger partial charge in [0.05, 0.1) is 25.9 Å². The molecule has 2 aliphatic heterocycles. The van der Waals surface area contributed by atoms with Crippen LogP contribution in [0.1, 0.15) is 0 Å². The molecule has 1 aromatic heterocycles. The maximum absolute atomic E-state index is 11.8. The Morgan fingerprint density at radius 3 is 3.17 bits per heavy atom. The molecule has 0 spiro atoms. The number of rotatable bonds is 2. The maximum atomic E-state index is 11.8. The smallest absolute Gasteiger partial charge is 0.313 e. The van der Waals surface area contributed by atoms with E-state index in [1.165, 1.54) is 7.11 Å². The molecule has 2 fully saturated rings. The Kier molecular flexibility index (Phi) is 2.99. The summed E-state index contributed by atoms with van der Waals surface area (Å²) >= 11 is 3.36. The molecule has 3 heterocycles. The fourth-order valence-corrected chi connectivity index (χ4v) is 3.06. The van der Waals surface area contributed by atoms with Crippen LogP contribution in [-0.4, -0.2) is 43.4 Å². The monoisotopic (exact) mass is 312 g/mol. The lowest BCUT2D eigenvalue weighted by Crippen LogP contribution is -2.39. The molecule has 3 atom stereocenters. The molecule has 2 saturated heterocycles. The maximum Gasteiger partial charge on any atom is 0.313 e. The molecule has 96 valence electrons. The standard InChI is InChI=1S/C12H13BrN2O3/c1-17-12(16)11-7-6-18-8(11)5-15(7)10-4-2-3-9(13)14-10/h2-4,7-8,11H,5-6H2,1H3. The summed E-state index contributed by atoms with van der Waals surface area (Å²) in [4.78, 5) is 18.3. The average molecular weight is 313 g/mol. The van der Waals surface area contributed by atoms with Gasteiger partial charge in [-0.15, -0.1) is 0 Å². The zero-order chi connectivity index (χ0) is 12.7. The number of fused-ring (bicyclic) bond motifs is 2. The molecule has 0 aromatic carbocycles. The van der Waals surface area contributed by atoms with E-state index in [9.17, 15) is 4.79 Å². The highest BCUT2D eigenvalue weighted by Gasteiger charge is 2.52. The molecule has 18 heavy (non-hydrogen) atoms. The number of morpholine rings is 1. The second kappa shape index (κ2) is 4.51. The highest BCUT2D eigenvalue weighted by atomic mass is 79.9. The molecule has 0 amide bonds. The molecule has 3 unspecified atom stereocenters. The number of hydrogen-bond donors (Lipinski definition) is 0. The van der Waals surface area contributed by atoms with Crippen molar-refractivity contribution in [3.8, 4) is 0 Å². The predicted molar refractivity (Wildman–Crippen MR) is 68.3 cm³/mol. The first-order valence-corrected chi connectivity index (χ1v) is 6.58. The van der Waals surface area contributed by atoms with E-state index in [0.717, 1.165) is 10.4 Å². The van der Waals surface area contributed by atoms with Gasteiger partial charge in [0.15, 0.2) is 0 Å². The molecular weight excluding hydrogens is 300 g/mol. The van der Waals surface area contributed by atoms with Gasteiger partial charge in [-0.05, 0) is 28.1 Å². The number of nitrogens with zero attached hydrogens (tertiary/aromatic N) is 2. The van der Waals surface area contributed by atoms with Gasteiger partial charge in [0, 0.05) is 6.54 Å². The molecule has 0 radical (unpaired) electrons. The van der Waals surface area contributed by atoms with Crippen molar-refractivity contribution in [3.05, 3.63) is 22.8 Å². The Labute approximate surface area is 113 Å². The minimum Gasteiger partial charge on any atom is -0.469 e. The van der Waals surface area contributed by atoms with Gasteiger partial charge in [0.2, 0.25) is 0 Å². The summed E-state index contributed by atoms with van der Waals surface area (Å²) in [6.07, 6.45) is -0.0803. The summed E-state index contributed by atoms with van der Waals surface area (Å²) in [6.45, 7) is 1.24. The Morgan fingerprint density at radius 1 is 1.61 bits per heavy atom. The molecule has 3 rings (SSSR count). The van der Waals surface area contributed by atoms with Crippen LogP contribution >= 0.6 is 15.9 Å². The first-order chi connectivity index (χ1) is 8.70. The zero-order valence-electron chi connectivity index (χ0n) is 9.88. The third-order valence-corrected chi connectivity index (χ3v) is 3.98. The van der Waals surface area contributed by atoms with E-state index in [2.05, 4.69) is 25.8 Å². The Hall–Kier alpha value is -1.14. The van der Waals surface area contributed by atoms with E-state index < -0.39 is 0 Å². The normalized spacial score (nSPS) is 29.7. The number of carbonyl (C=O) groups is 1. The Balaban J connectivity index is 1.87. The summed E-state index contributed by atoms with van der Waals surface area (Å²) in [6, 6.07) is 5.79. The molecule has 5 nitrogen and oxygen atoms in total. The fourth-order valence-electron chi connectivity index (χ4n) is 2.72. The van der Waals surface area contributed by atoms with Crippen LogP contribution in [-0.2, 0) is 14.3 Å². The van der Waals surface area contributed by atoms with E-state index in [1.807, 2.05) is 18.2 Å². The van der Waals surface area contributed by atoms with E-state index in [4.69, 9.17) is 9.47 Å². The molecule has 2 bridgehead atoms. The number of esters is 1. The summed E-state index contributed by atoms with van der Waals surface area (Å²) < 4.78 is 11.2. The second-order valence-corrected chi connectivity index (χ2v) is 5.27. The Morgan fingerprint density at radius 2 is 2.44 bits per heavy atom. The van der Waals surface area contributed by atoms with Gasteiger partial charge in [-0.2, -0.15) is 0 Å². The van der Waals surface area contributed by atoms with Crippen molar-refractivity contribution in [1.29, 1.82) is 0 Å². The average Bonchev–Trinajstić information content (AvgIpc) is 2.95. The lowest BCUT2D eigenvalue weighted by atomic mass is 10.0. The van der Waals surface area contributed by atoms with Gasteiger partial charge in [-0.25, -0.2) is 4.98 Å². The van der Waals surface area contributed by atoms with Crippen LogP contribution in [0.5, 0.6) is 0 Å². The van der Waals surface area contributed by atoms with Crippen molar-refractivity contribution in [3.63, 3.8) is 0 Å². The lowest BCUT2D eigenvalue weighted by molar-refractivity contribution is -0.146. The Bertz CT molecular complexity index is 482. The summed E-state index contributed by atoms with van der Waals surface area (Å²) in [5.41, 5.74) is 0. The topological polar surface area (TPSA) is 51.7 Å². The molecule has 1 aromatic rings. The van der Waals surface area contributed by atoms with Crippen molar-refractivity contribution in [2.45, 2.75) is 12.1 Å². The fraction of sp³-hybridized carbons (Fsp3) is 0.500. The summed E-state index contributed by atoms with van der Waals surface area (Å²) in [7, 11) is 1.42. The van der Waals surface area contributed by atoms with E-state index >= 15 is 0 Å². The van der Waals surface area contributed by atoms with Crippen LogP contribution in [0.25, 0.3) is 0 Å². The van der Waals surface area contributed by atoms with Gasteiger partial charge in [-0.3, -0.25) is 4.79 Å². The molecule has 0 saturated carbocycles. The number of pyridine rings is 1. The van der Waals surface area contributed by atoms with Crippen LogP contribution in [0.2, 0.25) is 0 Å². The summed E-state index contributed by atoms with van der Waals surface area (Å²) in [5.74, 6) is 0.477. The van der Waals surface area contributed by atoms with Gasteiger partial charge < -0.3 is 14.4 Å². The molecular formula is C12H13BrN2O3. The number of ether oxygens (including phenoxy) is 2. The van der Waals surface area contributed by atoms with Crippen LogP contribution in [0.4, 0.5) is 5.82 Å². The number of aromatic nitrogens is 1. The van der Waals surface area contributed by atoms with Gasteiger partial charge in [0.25, 0.3) is 0 Å². The van der Waals surface area contributed by atoms with Crippen LogP contribution in [0.3, 0.4) is 0 Å². The van der Waals surface area contributed by atoms with Crippen molar-refractivity contribution in [1.82, 2.24) is 4.98 Å². The third-order valence-electron chi connectivity index (χ3n) is 3.54. The van der Waals surface area contributed by atoms with Gasteiger partial charge >= 0.3 is 5.97 Å². The minimum atomic E-state index is -0.198. The van der Waals surface area contributed by atoms with Crippen molar-refractivity contribution in [2.24, 2.45) is 5.92 Å². The van der Waals surface area contributed by atoms with E-state index in [1.54, 1.807) is 0 Å². The van der Waals surface area contributed by atoms with Crippen molar-refractivity contribution < 1.29 is 14.3 Å². The highest BCUT2D eigenvalue weighted by molar-refractivity contribution is 9.10. The van der Waals surface area contributed by atoms with Gasteiger partial charge in [-0.1, -0.05) is 6.07 Å². The number of hydrogen-bond acceptors (Lipinski definition) is 5. The third kappa shape index (κ3) is 1.80. The number of halogens is 1. The number of anilines is 1. The molecule has 0 aliphatic carbocycles. The first-order valence-electron chi connectivity index (χ1n) is 5.79. The molecule has 0 N–H and O–H groups in total. The van der Waals surface area contributed by atoms with Crippen LogP contribution < -0.4 is 4.90 Å². The van der Waals surface area contributed by atoms with Crippen molar-refractivity contribution >= 4 is 27.7 Å². The van der Waals surface area contributed by atoms with E-state index in [0.29, 0.717) is 13.2 Å². The highest BCUT2D eigenvalue weighted by Crippen LogP contribution is 2.37. The molecule has 6 heteroatoms.